The molecule has 70 valence electrons. The van der Waals surface area contributed by atoms with Gasteiger partial charge in [0.2, 0.25) is 0 Å². The van der Waals surface area contributed by atoms with Crippen molar-refractivity contribution in [1.29, 1.82) is 0 Å². The zero-order chi connectivity index (χ0) is 9.10. The van der Waals surface area contributed by atoms with Gasteiger partial charge in [-0.1, -0.05) is 18.0 Å². The van der Waals surface area contributed by atoms with Gasteiger partial charge in [0.15, 0.2) is 0 Å². The average Bonchev–Trinajstić information content (AvgIpc) is 2.20. The summed E-state index contributed by atoms with van der Waals surface area (Å²) in [5.74, 6) is 0. The summed E-state index contributed by atoms with van der Waals surface area (Å²) in [6.07, 6.45) is 5.48. The molecule has 0 aromatic carbocycles. The molecule has 1 aliphatic rings. The maximum absolute atomic E-state index is 5.77. The minimum Gasteiger partial charge on any atom is -0.309 e. The first-order chi connectivity index (χ1) is 6.36. The van der Waals surface area contributed by atoms with E-state index in [0.717, 1.165) is 12.2 Å². The highest BCUT2D eigenvalue weighted by atomic mass is 35.5. The summed E-state index contributed by atoms with van der Waals surface area (Å²) in [6.45, 7) is 1.11. The van der Waals surface area contributed by atoms with Gasteiger partial charge in [0, 0.05) is 12.2 Å². The van der Waals surface area contributed by atoms with Gasteiger partial charge in [0.25, 0.3) is 0 Å². The SMILES string of the molecule is Clc1ccc([C@@H]2CCCCN2)nc1. The number of nitrogens with one attached hydrogen (secondary N) is 1. The summed E-state index contributed by atoms with van der Waals surface area (Å²) >= 11 is 5.77. The quantitative estimate of drug-likeness (QED) is 0.747. The topological polar surface area (TPSA) is 24.9 Å². The molecular weight excluding hydrogens is 184 g/mol. The molecule has 1 aromatic heterocycles. The van der Waals surface area contributed by atoms with Gasteiger partial charge in [0.1, 0.15) is 0 Å². The van der Waals surface area contributed by atoms with Crippen LogP contribution >= 0.6 is 11.6 Å². The van der Waals surface area contributed by atoms with Gasteiger partial charge in [-0.05, 0) is 31.5 Å². The highest BCUT2D eigenvalue weighted by molar-refractivity contribution is 6.30. The number of aromatic nitrogens is 1. The fourth-order valence-electron chi connectivity index (χ4n) is 1.70. The predicted molar refractivity (Wildman–Crippen MR) is 53.8 cm³/mol. The van der Waals surface area contributed by atoms with Gasteiger partial charge in [-0.15, -0.1) is 0 Å². The molecule has 2 heterocycles. The minimum atomic E-state index is 0.436. The third-order valence-corrected chi connectivity index (χ3v) is 2.64. The summed E-state index contributed by atoms with van der Waals surface area (Å²) < 4.78 is 0. The van der Waals surface area contributed by atoms with Crippen molar-refractivity contribution in [3.63, 3.8) is 0 Å². The van der Waals surface area contributed by atoms with Crippen molar-refractivity contribution in [3.05, 3.63) is 29.0 Å². The van der Waals surface area contributed by atoms with Gasteiger partial charge in [-0.2, -0.15) is 0 Å². The number of nitrogens with zero attached hydrogens (tertiary/aromatic N) is 1. The fourth-order valence-corrected chi connectivity index (χ4v) is 1.81. The van der Waals surface area contributed by atoms with E-state index in [1.807, 2.05) is 12.1 Å². The van der Waals surface area contributed by atoms with E-state index in [2.05, 4.69) is 10.3 Å². The van der Waals surface area contributed by atoms with E-state index < -0.39 is 0 Å². The van der Waals surface area contributed by atoms with Gasteiger partial charge in [-0.25, -0.2) is 0 Å². The van der Waals surface area contributed by atoms with Crippen molar-refractivity contribution in [2.75, 3.05) is 6.54 Å². The number of rotatable bonds is 1. The van der Waals surface area contributed by atoms with Crippen LogP contribution in [0.4, 0.5) is 0 Å². The second kappa shape index (κ2) is 4.07. The van der Waals surface area contributed by atoms with Crippen LogP contribution in [0.5, 0.6) is 0 Å². The lowest BCUT2D eigenvalue weighted by Gasteiger charge is -2.22. The first-order valence-electron chi connectivity index (χ1n) is 4.71. The molecule has 2 nitrogen and oxygen atoms in total. The Morgan fingerprint density at radius 3 is 2.92 bits per heavy atom. The lowest BCUT2D eigenvalue weighted by molar-refractivity contribution is 0.405. The second-order valence-electron chi connectivity index (χ2n) is 3.40. The maximum Gasteiger partial charge on any atom is 0.0589 e. The number of hydrogen-bond acceptors (Lipinski definition) is 2. The van der Waals surface area contributed by atoms with Crippen LogP contribution in [0.25, 0.3) is 0 Å². The van der Waals surface area contributed by atoms with E-state index >= 15 is 0 Å². The predicted octanol–water partition coefficient (Wildman–Crippen LogP) is 2.55. The molecule has 0 amide bonds. The number of piperidine rings is 1. The molecule has 1 saturated heterocycles. The Bertz CT molecular complexity index is 265. The summed E-state index contributed by atoms with van der Waals surface area (Å²) in [5, 5.41) is 4.16. The summed E-state index contributed by atoms with van der Waals surface area (Å²) in [7, 11) is 0. The molecule has 13 heavy (non-hydrogen) atoms. The third kappa shape index (κ3) is 2.20. The summed E-state index contributed by atoms with van der Waals surface area (Å²) in [5.41, 5.74) is 1.11. The van der Waals surface area contributed by atoms with Gasteiger partial charge in [-0.3, -0.25) is 4.98 Å². The normalized spacial score (nSPS) is 23.0. The molecule has 1 fully saturated rings. The first kappa shape index (κ1) is 8.97. The molecular formula is C10H13ClN2. The summed E-state index contributed by atoms with van der Waals surface area (Å²) in [4.78, 5) is 4.31. The second-order valence-corrected chi connectivity index (χ2v) is 3.84. The zero-order valence-corrected chi connectivity index (χ0v) is 8.22. The van der Waals surface area contributed by atoms with Crippen molar-refractivity contribution >= 4 is 11.6 Å². The molecule has 0 unspecified atom stereocenters. The third-order valence-electron chi connectivity index (χ3n) is 2.42. The van der Waals surface area contributed by atoms with E-state index in [-0.39, 0.29) is 0 Å². The average molecular weight is 197 g/mol. The molecule has 0 bridgehead atoms. The Morgan fingerprint density at radius 2 is 2.31 bits per heavy atom. The van der Waals surface area contributed by atoms with Crippen molar-refractivity contribution in [2.45, 2.75) is 25.3 Å². The van der Waals surface area contributed by atoms with E-state index in [1.165, 1.54) is 19.3 Å². The van der Waals surface area contributed by atoms with Crippen LogP contribution in [0.3, 0.4) is 0 Å². The highest BCUT2D eigenvalue weighted by Gasteiger charge is 2.14. The molecule has 3 heteroatoms. The Morgan fingerprint density at radius 1 is 1.38 bits per heavy atom. The molecule has 1 N–H and O–H groups in total. The Labute approximate surface area is 83.3 Å². The molecule has 1 atom stereocenters. The van der Waals surface area contributed by atoms with Crippen molar-refractivity contribution in [3.8, 4) is 0 Å². The summed E-state index contributed by atoms with van der Waals surface area (Å²) in [6, 6.07) is 4.34. The van der Waals surface area contributed by atoms with Crippen LogP contribution in [0.2, 0.25) is 5.02 Å². The van der Waals surface area contributed by atoms with Gasteiger partial charge < -0.3 is 5.32 Å². The van der Waals surface area contributed by atoms with Crippen molar-refractivity contribution in [1.82, 2.24) is 10.3 Å². The Balaban J connectivity index is 2.10. The van der Waals surface area contributed by atoms with E-state index in [9.17, 15) is 0 Å². The van der Waals surface area contributed by atoms with Crippen LogP contribution in [0.1, 0.15) is 31.0 Å². The molecule has 1 aliphatic heterocycles. The van der Waals surface area contributed by atoms with Crippen LogP contribution in [0.15, 0.2) is 18.3 Å². The first-order valence-corrected chi connectivity index (χ1v) is 5.09. The molecule has 0 aliphatic carbocycles. The number of pyridine rings is 1. The zero-order valence-electron chi connectivity index (χ0n) is 7.46. The van der Waals surface area contributed by atoms with Crippen LogP contribution in [0, 0.1) is 0 Å². The molecule has 0 radical (unpaired) electrons. The number of hydrogen-bond donors (Lipinski definition) is 1. The molecule has 0 saturated carbocycles. The van der Waals surface area contributed by atoms with E-state index in [4.69, 9.17) is 11.6 Å². The maximum atomic E-state index is 5.77. The fraction of sp³-hybridized carbons (Fsp3) is 0.500. The van der Waals surface area contributed by atoms with Gasteiger partial charge in [0.05, 0.1) is 10.7 Å². The lowest BCUT2D eigenvalue weighted by Crippen LogP contribution is -2.27. The highest BCUT2D eigenvalue weighted by Crippen LogP contribution is 2.21. The molecule has 0 spiro atoms. The van der Waals surface area contributed by atoms with E-state index in [0.29, 0.717) is 11.1 Å². The molecule has 2 rings (SSSR count). The van der Waals surface area contributed by atoms with Crippen LogP contribution in [-0.2, 0) is 0 Å². The van der Waals surface area contributed by atoms with Crippen LogP contribution < -0.4 is 5.32 Å². The monoisotopic (exact) mass is 196 g/mol. The number of halogens is 1. The van der Waals surface area contributed by atoms with Crippen molar-refractivity contribution in [2.24, 2.45) is 0 Å². The minimum absolute atomic E-state index is 0.436. The Hall–Kier alpha value is -0.600. The van der Waals surface area contributed by atoms with Crippen molar-refractivity contribution < 1.29 is 0 Å². The Kier molecular flexibility index (Phi) is 2.81. The standard InChI is InChI=1S/C10H13ClN2/c11-8-4-5-10(13-7-8)9-3-1-2-6-12-9/h4-5,7,9,12H,1-3,6H2/t9-/m0/s1. The molecule has 1 aromatic rings. The largest absolute Gasteiger partial charge is 0.309 e. The lowest BCUT2D eigenvalue weighted by atomic mass is 10.0. The van der Waals surface area contributed by atoms with Crippen LogP contribution in [-0.4, -0.2) is 11.5 Å². The van der Waals surface area contributed by atoms with E-state index in [1.54, 1.807) is 6.20 Å². The van der Waals surface area contributed by atoms with Gasteiger partial charge >= 0.3 is 0 Å². The smallest absolute Gasteiger partial charge is 0.0589 e.